The number of rotatable bonds is 5. The minimum Gasteiger partial charge on any atom is -0.497 e. The fraction of sp³-hybridized carbons (Fsp3) is 0.414. The average Bonchev–Trinajstić information content (AvgIpc) is 3.22. The topological polar surface area (TPSA) is 92.5 Å². The van der Waals surface area contributed by atoms with Crippen LogP contribution in [0.5, 0.6) is 5.75 Å². The number of carboxylic acids is 1. The number of methoxy groups -OCH3 is 1. The molecule has 0 saturated carbocycles. The van der Waals surface area contributed by atoms with E-state index >= 15 is 0 Å². The third-order valence-electron chi connectivity index (χ3n) is 7.21. The van der Waals surface area contributed by atoms with E-state index in [1.54, 1.807) is 7.11 Å². The lowest BCUT2D eigenvalue weighted by Crippen LogP contribution is -2.34. The maximum atomic E-state index is 10.6. The lowest BCUT2D eigenvalue weighted by molar-refractivity contribution is -0.192. The maximum Gasteiger partial charge on any atom is 0.490 e. The van der Waals surface area contributed by atoms with Crippen LogP contribution in [0.2, 0.25) is 0 Å². The van der Waals surface area contributed by atoms with Gasteiger partial charge in [0, 0.05) is 43.0 Å². The van der Waals surface area contributed by atoms with Crippen LogP contribution >= 0.6 is 0 Å². The lowest BCUT2D eigenvalue weighted by atomic mass is 9.90. The van der Waals surface area contributed by atoms with Crippen LogP contribution in [-0.4, -0.2) is 63.4 Å². The molecule has 0 aliphatic carbocycles. The van der Waals surface area contributed by atoms with E-state index in [0.717, 1.165) is 55.3 Å². The van der Waals surface area contributed by atoms with Crippen molar-refractivity contribution < 1.29 is 27.8 Å². The minimum atomic E-state index is -5.08. The lowest BCUT2D eigenvalue weighted by Gasteiger charge is -2.30. The first-order valence-electron chi connectivity index (χ1n) is 13.2. The van der Waals surface area contributed by atoms with Crippen LogP contribution in [0.25, 0.3) is 16.8 Å². The average molecular weight is 558 g/mol. The van der Waals surface area contributed by atoms with Gasteiger partial charge in [-0.15, -0.1) is 5.10 Å². The van der Waals surface area contributed by atoms with E-state index in [1.807, 2.05) is 12.1 Å². The number of carboxylic acid groups (broad SMARTS) is 1. The first kappa shape index (κ1) is 29.1. The van der Waals surface area contributed by atoms with Crippen LogP contribution < -0.4 is 10.1 Å². The normalized spacial score (nSPS) is 17.1. The minimum absolute atomic E-state index is 0.171. The van der Waals surface area contributed by atoms with Gasteiger partial charge in [0.25, 0.3) is 0 Å². The second-order valence-electron chi connectivity index (χ2n) is 10.1. The van der Waals surface area contributed by atoms with E-state index in [9.17, 15) is 13.2 Å². The maximum absolute atomic E-state index is 10.6. The Morgan fingerprint density at radius 3 is 2.55 bits per heavy atom. The number of ether oxygens (including phenoxy) is 1. The highest BCUT2D eigenvalue weighted by molar-refractivity contribution is 5.75. The Hall–Kier alpha value is -3.86. The van der Waals surface area contributed by atoms with E-state index in [4.69, 9.17) is 14.6 Å². The molecule has 2 aliphatic rings. The zero-order chi connectivity index (χ0) is 29.0. The zero-order valence-corrected chi connectivity index (χ0v) is 23.0. The molecule has 5 rings (SSSR count). The highest BCUT2D eigenvalue weighted by Crippen LogP contribution is 2.39. The molecule has 2 aromatic carbocycles. The van der Waals surface area contributed by atoms with Crippen LogP contribution in [0.1, 0.15) is 49.6 Å². The van der Waals surface area contributed by atoms with Crippen molar-refractivity contribution in [2.24, 2.45) is 0 Å². The Morgan fingerprint density at radius 1 is 1.18 bits per heavy atom. The van der Waals surface area contributed by atoms with Gasteiger partial charge in [-0.1, -0.05) is 29.5 Å². The SMILES string of the molecule is COc1cccc(NC2CCn3nnc(C)c3-c3ccc(C4=CCN(C(C)C)CC4)cc32)c1.O=C(O)C(F)(F)F. The van der Waals surface area contributed by atoms with Gasteiger partial charge in [0.1, 0.15) is 5.75 Å². The van der Waals surface area contributed by atoms with Crippen molar-refractivity contribution in [1.29, 1.82) is 0 Å². The molecule has 8 nitrogen and oxygen atoms in total. The van der Waals surface area contributed by atoms with Gasteiger partial charge in [-0.2, -0.15) is 13.2 Å². The molecule has 214 valence electrons. The molecule has 0 radical (unpaired) electrons. The van der Waals surface area contributed by atoms with Gasteiger partial charge in [-0.05, 0) is 68.5 Å². The number of benzene rings is 2. The Morgan fingerprint density at radius 2 is 1.93 bits per heavy atom. The Kier molecular flexibility index (Phi) is 8.82. The monoisotopic (exact) mass is 557 g/mol. The number of aryl methyl sites for hydroxylation is 2. The number of nitrogens with zero attached hydrogens (tertiary/aromatic N) is 4. The third-order valence-corrected chi connectivity index (χ3v) is 7.21. The number of halogens is 3. The summed E-state index contributed by atoms with van der Waals surface area (Å²) in [6.45, 7) is 9.56. The van der Waals surface area contributed by atoms with Crippen LogP contribution in [0.4, 0.5) is 18.9 Å². The zero-order valence-electron chi connectivity index (χ0n) is 23.0. The van der Waals surface area contributed by atoms with Gasteiger partial charge in [-0.3, -0.25) is 4.90 Å². The number of carbonyl (C=O) groups is 1. The van der Waals surface area contributed by atoms with Crippen molar-refractivity contribution in [3.63, 3.8) is 0 Å². The summed E-state index contributed by atoms with van der Waals surface area (Å²) in [6, 6.07) is 15.9. The quantitative estimate of drug-likeness (QED) is 0.401. The highest BCUT2D eigenvalue weighted by atomic mass is 19.4. The largest absolute Gasteiger partial charge is 0.497 e. The summed E-state index contributed by atoms with van der Waals surface area (Å²) < 4.78 is 39.2. The molecule has 0 bridgehead atoms. The third kappa shape index (κ3) is 6.64. The molecule has 0 saturated heterocycles. The number of fused-ring (bicyclic) bond motifs is 3. The van der Waals surface area contributed by atoms with Gasteiger partial charge >= 0.3 is 12.1 Å². The van der Waals surface area contributed by atoms with Crippen molar-refractivity contribution in [3.8, 4) is 17.0 Å². The molecule has 0 fully saturated rings. The molecule has 1 atom stereocenters. The smallest absolute Gasteiger partial charge is 0.490 e. The second-order valence-corrected chi connectivity index (χ2v) is 10.1. The number of aliphatic carboxylic acids is 1. The number of nitrogens with one attached hydrogen (secondary N) is 1. The predicted octanol–water partition coefficient (Wildman–Crippen LogP) is 5.95. The van der Waals surface area contributed by atoms with Gasteiger partial charge in [0.15, 0.2) is 0 Å². The van der Waals surface area contributed by atoms with Crippen molar-refractivity contribution in [2.75, 3.05) is 25.5 Å². The molecular weight excluding hydrogens is 523 g/mol. The van der Waals surface area contributed by atoms with Gasteiger partial charge in [0.2, 0.25) is 0 Å². The molecule has 3 heterocycles. The molecule has 11 heteroatoms. The second kappa shape index (κ2) is 12.1. The van der Waals surface area contributed by atoms with Crippen molar-refractivity contribution in [3.05, 3.63) is 65.4 Å². The van der Waals surface area contributed by atoms with Crippen LogP contribution in [0.15, 0.2) is 48.5 Å². The fourth-order valence-corrected chi connectivity index (χ4v) is 5.04. The molecule has 1 aromatic heterocycles. The molecule has 0 spiro atoms. The fourth-order valence-electron chi connectivity index (χ4n) is 5.04. The number of hydrogen-bond acceptors (Lipinski definition) is 6. The summed E-state index contributed by atoms with van der Waals surface area (Å²) in [5.41, 5.74) is 8.49. The first-order valence-corrected chi connectivity index (χ1v) is 13.2. The molecular formula is C29H34F3N5O3. The summed E-state index contributed by atoms with van der Waals surface area (Å²) in [6.07, 6.45) is -0.656. The summed E-state index contributed by atoms with van der Waals surface area (Å²) in [4.78, 5) is 11.4. The van der Waals surface area contributed by atoms with E-state index < -0.39 is 12.1 Å². The predicted molar refractivity (Wildman–Crippen MR) is 147 cm³/mol. The summed E-state index contributed by atoms with van der Waals surface area (Å²) in [7, 11) is 1.71. The number of alkyl halides is 3. The van der Waals surface area contributed by atoms with Crippen molar-refractivity contribution >= 4 is 17.2 Å². The van der Waals surface area contributed by atoms with E-state index in [-0.39, 0.29) is 6.04 Å². The van der Waals surface area contributed by atoms with Crippen LogP contribution in [-0.2, 0) is 11.3 Å². The first-order chi connectivity index (χ1) is 19.0. The standard InChI is InChI=1S/C27H33N5O.C2HF3O2/c1-18(2)31-13-10-20(11-14-31)21-8-9-24-25(16-21)26(12-15-32-27(24)19(3)29-30-32)28-22-6-5-7-23(17-22)33-4;3-2(4,5)1(6)7/h5-10,16-18,26,28H,11-15H2,1-4H3;(H,6,7). The van der Waals surface area contributed by atoms with Gasteiger partial charge < -0.3 is 15.2 Å². The number of aromatic nitrogens is 3. The van der Waals surface area contributed by atoms with Crippen molar-refractivity contribution in [1.82, 2.24) is 19.9 Å². The molecule has 2 aliphatic heterocycles. The summed E-state index contributed by atoms with van der Waals surface area (Å²) in [5.74, 6) is -1.90. The Bertz CT molecular complexity index is 1380. The van der Waals surface area contributed by atoms with E-state index in [2.05, 4.69) is 82.4 Å². The van der Waals surface area contributed by atoms with E-state index in [0.29, 0.717) is 6.04 Å². The van der Waals surface area contributed by atoms with E-state index in [1.165, 1.54) is 22.3 Å². The van der Waals surface area contributed by atoms with Crippen LogP contribution in [0, 0.1) is 6.92 Å². The Labute approximate surface area is 231 Å². The number of hydrogen-bond donors (Lipinski definition) is 2. The molecule has 40 heavy (non-hydrogen) atoms. The molecule has 3 aromatic rings. The van der Waals surface area contributed by atoms with Crippen LogP contribution in [0.3, 0.4) is 0 Å². The summed E-state index contributed by atoms with van der Waals surface area (Å²) in [5, 5.41) is 19.7. The highest BCUT2D eigenvalue weighted by Gasteiger charge is 2.38. The van der Waals surface area contributed by atoms with Crippen molar-refractivity contribution in [2.45, 2.75) is 58.4 Å². The molecule has 2 N–H and O–H groups in total. The Balaban J connectivity index is 0.000000470. The summed E-state index contributed by atoms with van der Waals surface area (Å²) >= 11 is 0. The number of anilines is 1. The van der Waals surface area contributed by atoms with Gasteiger partial charge in [-0.25, -0.2) is 9.48 Å². The molecule has 0 amide bonds. The molecule has 1 unspecified atom stereocenters. The van der Waals surface area contributed by atoms with Gasteiger partial charge in [0.05, 0.1) is 24.5 Å².